The summed E-state index contributed by atoms with van der Waals surface area (Å²) in [5, 5.41) is 5.38. The molecule has 1 spiro atoms. The van der Waals surface area contributed by atoms with Gasteiger partial charge in [-0.05, 0) is 24.8 Å². The van der Waals surface area contributed by atoms with E-state index < -0.39 is 0 Å². The maximum absolute atomic E-state index is 12.9. The lowest BCUT2D eigenvalue weighted by Crippen LogP contribution is -2.36. The molecular weight excluding hydrogens is 278 g/mol. The number of aromatic nitrogens is 2. The van der Waals surface area contributed by atoms with Gasteiger partial charge in [0.05, 0.1) is 24.3 Å². The Balaban J connectivity index is 1.62. The highest BCUT2D eigenvalue weighted by atomic mass is 16.5. The van der Waals surface area contributed by atoms with Crippen molar-refractivity contribution in [1.82, 2.24) is 14.7 Å². The van der Waals surface area contributed by atoms with Gasteiger partial charge in [0.1, 0.15) is 0 Å². The minimum absolute atomic E-state index is 0.0248. The van der Waals surface area contributed by atoms with E-state index in [0.29, 0.717) is 18.2 Å². The zero-order valence-corrected chi connectivity index (χ0v) is 13.1. The first-order valence-electron chi connectivity index (χ1n) is 7.93. The van der Waals surface area contributed by atoms with Gasteiger partial charge in [-0.3, -0.25) is 9.48 Å². The number of likely N-dealkylation sites (tertiary alicyclic amines) is 1. The van der Waals surface area contributed by atoms with E-state index in [1.807, 2.05) is 36.2 Å². The first-order chi connectivity index (χ1) is 10.6. The zero-order chi connectivity index (χ0) is 15.3. The Kier molecular flexibility index (Phi) is 3.01. The summed E-state index contributed by atoms with van der Waals surface area (Å²) < 4.78 is 7.78. The van der Waals surface area contributed by atoms with Gasteiger partial charge in [0, 0.05) is 19.0 Å². The van der Waals surface area contributed by atoms with Crippen LogP contribution in [0.5, 0.6) is 0 Å². The normalized spacial score (nSPS) is 28.1. The van der Waals surface area contributed by atoms with Gasteiger partial charge in [0.25, 0.3) is 5.91 Å². The van der Waals surface area contributed by atoms with Crippen molar-refractivity contribution in [3.8, 4) is 0 Å². The lowest BCUT2D eigenvalue weighted by molar-refractivity contribution is 0.0118. The summed E-state index contributed by atoms with van der Waals surface area (Å²) in [7, 11) is 1.88. The van der Waals surface area contributed by atoms with Gasteiger partial charge in [-0.25, -0.2) is 0 Å². The molecule has 0 saturated carbocycles. The molecule has 4 rings (SSSR count). The first-order valence-corrected chi connectivity index (χ1v) is 7.93. The summed E-state index contributed by atoms with van der Waals surface area (Å²) in [5.74, 6) is 0.613. The Bertz CT molecular complexity index is 739. The Morgan fingerprint density at radius 1 is 1.41 bits per heavy atom. The van der Waals surface area contributed by atoms with Crippen molar-refractivity contribution in [3.63, 3.8) is 0 Å². The molecule has 2 aromatic rings. The van der Waals surface area contributed by atoms with Crippen LogP contribution < -0.4 is 0 Å². The molecule has 1 amide bonds. The van der Waals surface area contributed by atoms with Crippen molar-refractivity contribution >= 4 is 16.8 Å². The third-order valence-corrected chi connectivity index (χ3v) is 4.96. The van der Waals surface area contributed by atoms with E-state index in [1.165, 1.54) is 0 Å². The Labute approximate surface area is 129 Å². The van der Waals surface area contributed by atoms with Crippen LogP contribution in [0.25, 0.3) is 10.9 Å². The molecule has 0 bridgehead atoms. The van der Waals surface area contributed by atoms with Crippen molar-refractivity contribution in [2.75, 3.05) is 19.7 Å². The smallest absolute Gasteiger partial charge is 0.275 e. The van der Waals surface area contributed by atoms with Crippen LogP contribution in [-0.4, -0.2) is 45.9 Å². The third kappa shape index (κ3) is 2.03. The van der Waals surface area contributed by atoms with E-state index in [1.54, 1.807) is 4.68 Å². The minimum Gasteiger partial charge on any atom is -0.373 e. The standard InChI is InChI=1S/C17H21N3O2/c1-12-9-17(22-10-12)7-8-20(11-17)16(21)15-13-5-3-4-6-14(13)19(2)18-15/h3-6,12H,7-11H2,1-2H3/t12-,17-/m0/s1. The molecule has 2 aliphatic rings. The van der Waals surface area contributed by atoms with Crippen molar-refractivity contribution in [2.45, 2.75) is 25.4 Å². The van der Waals surface area contributed by atoms with Crippen molar-refractivity contribution < 1.29 is 9.53 Å². The number of fused-ring (bicyclic) bond motifs is 1. The summed E-state index contributed by atoms with van der Waals surface area (Å²) in [6.45, 7) is 4.48. The molecule has 116 valence electrons. The predicted molar refractivity (Wildman–Crippen MR) is 83.7 cm³/mol. The van der Waals surface area contributed by atoms with Gasteiger partial charge in [0.2, 0.25) is 0 Å². The molecule has 5 heteroatoms. The summed E-state index contributed by atoms with van der Waals surface area (Å²) in [4.78, 5) is 14.8. The average Bonchev–Trinajstić information content (AvgIpc) is 3.19. The van der Waals surface area contributed by atoms with Gasteiger partial charge in [0.15, 0.2) is 5.69 Å². The van der Waals surface area contributed by atoms with Crippen LogP contribution in [0.4, 0.5) is 0 Å². The Morgan fingerprint density at radius 2 is 2.23 bits per heavy atom. The molecule has 1 aromatic heterocycles. The highest BCUT2D eigenvalue weighted by Crippen LogP contribution is 2.38. The fourth-order valence-corrected chi connectivity index (χ4v) is 3.90. The minimum atomic E-state index is -0.111. The number of aryl methyl sites for hydroxylation is 1. The number of carbonyl (C=O) groups excluding carboxylic acids is 1. The van der Waals surface area contributed by atoms with Gasteiger partial charge in [-0.1, -0.05) is 25.1 Å². The second-order valence-corrected chi connectivity index (χ2v) is 6.77. The number of carbonyl (C=O) groups is 1. The lowest BCUT2D eigenvalue weighted by atomic mass is 9.94. The van der Waals surface area contributed by atoms with Crippen molar-refractivity contribution in [3.05, 3.63) is 30.0 Å². The van der Waals surface area contributed by atoms with E-state index in [-0.39, 0.29) is 11.5 Å². The molecule has 0 unspecified atom stereocenters. The summed E-state index contributed by atoms with van der Waals surface area (Å²) >= 11 is 0. The second-order valence-electron chi connectivity index (χ2n) is 6.77. The van der Waals surface area contributed by atoms with Gasteiger partial charge < -0.3 is 9.64 Å². The third-order valence-electron chi connectivity index (χ3n) is 4.96. The van der Waals surface area contributed by atoms with Crippen LogP contribution in [0.1, 0.15) is 30.3 Å². The number of ether oxygens (including phenoxy) is 1. The molecule has 1 aromatic carbocycles. The number of nitrogens with zero attached hydrogens (tertiary/aromatic N) is 3. The van der Waals surface area contributed by atoms with Crippen molar-refractivity contribution in [1.29, 1.82) is 0 Å². The maximum Gasteiger partial charge on any atom is 0.275 e. The number of amides is 1. The van der Waals surface area contributed by atoms with E-state index in [4.69, 9.17) is 4.74 Å². The van der Waals surface area contributed by atoms with E-state index >= 15 is 0 Å². The quantitative estimate of drug-likeness (QED) is 0.811. The molecule has 0 aliphatic carbocycles. The lowest BCUT2D eigenvalue weighted by Gasteiger charge is -2.23. The van der Waals surface area contributed by atoms with Crippen LogP contribution >= 0.6 is 0 Å². The molecular formula is C17H21N3O2. The molecule has 2 atom stereocenters. The van der Waals surface area contributed by atoms with E-state index in [2.05, 4.69) is 12.0 Å². The molecule has 0 radical (unpaired) electrons. The summed E-state index contributed by atoms with van der Waals surface area (Å²) in [5.41, 5.74) is 1.44. The number of hydrogen-bond donors (Lipinski definition) is 0. The number of rotatable bonds is 1. The predicted octanol–water partition coefficient (Wildman–Crippen LogP) is 2.21. The van der Waals surface area contributed by atoms with E-state index in [0.717, 1.165) is 36.9 Å². The molecule has 2 saturated heterocycles. The molecule has 2 aliphatic heterocycles. The van der Waals surface area contributed by atoms with Gasteiger partial charge in [-0.2, -0.15) is 5.10 Å². The van der Waals surface area contributed by atoms with Crippen LogP contribution in [0.15, 0.2) is 24.3 Å². The monoisotopic (exact) mass is 299 g/mol. The highest BCUT2D eigenvalue weighted by Gasteiger charge is 2.46. The van der Waals surface area contributed by atoms with Crippen LogP contribution in [0.2, 0.25) is 0 Å². The summed E-state index contributed by atoms with van der Waals surface area (Å²) in [6, 6.07) is 7.88. The Morgan fingerprint density at radius 3 is 3.00 bits per heavy atom. The fraction of sp³-hybridized carbons (Fsp3) is 0.529. The largest absolute Gasteiger partial charge is 0.373 e. The maximum atomic E-state index is 12.9. The highest BCUT2D eigenvalue weighted by molar-refractivity contribution is 6.05. The number of hydrogen-bond acceptors (Lipinski definition) is 3. The SMILES string of the molecule is C[C@@H]1CO[C@@]2(CCN(C(=O)c3nn(C)c4ccccc34)C2)C1. The van der Waals surface area contributed by atoms with Crippen LogP contribution in [0, 0.1) is 5.92 Å². The molecule has 3 heterocycles. The molecule has 2 fully saturated rings. The van der Waals surface area contributed by atoms with Gasteiger partial charge >= 0.3 is 0 Å². The number of benzene rings is 1. The average molecular weight is 299 g/mol. The van der Waals surface area contributed by atoms with E-state index in [9.17, 15) is 4.79 Å². The molecule has 22 heavy (non-hydrogen) atoms. The first kappa shape index (κ1) is 13.8. The summed E-state index contributed by atoms with van der Waals surface area (Å²) in [6.07, 6.45) is 1.99. The number of para-hydroxylation sites is 1. The molecule has 5 nitrogen and oxygen atoms in total. The zero-order valence-electron chi connectivity index (χ0n) is 13.1. The van der Waals surface area contributed by atoms with Crippen LogP contribution in [-0.2, 0) is 11.8 Å². The molecule has 0 N–H and O–H groups in total. The van der Waals surface area contributed by atoms with Gasteiger partial charge in [-0.15, -0.1) is 0 Å². The fourth-order valence-electron chi connectivity index (χ4n) is 3.90. The second kappa shape index (κ2) is 4.81. The van der Waals surface area contributed by atoms with Crippen molar-refractivity contribution in [2.24, 2.45) is 13.0 Å². The van der Waals surface area contributed by atoms with Crippen LogP contribution in [0.3, 0.4) is 0 Å². The Hall–Kier alpha value is -1.88. The topological polar surface area (TPSA) is 47.4 Å².